The monoisotopic (exact) mass is 205 g/mol. The molecule has 0 bridgehead atoms. The Morgan fingerprint density at radius 3 is 2.33 bits per heavy atom. The minimum absolute atomic E-state index is 1.10. The van der Waals surface area contributed by atoms with Crippen molar-refractivity contribution in [2.45, 2.75) is 40.5 Å². The summed E-state index contributed by atoms with van der Waals surface area (Å²) in [6, 6.07) is 6.76. The van der Waals surface area contributed by atoms with Crippen LogP contribution in [0.5, 0.6) is 0 Å². The highest BCUT2D eigenvalue weighted by Gasteiger charge is 2.04. The van der Waals surface area contributed by atoms with Crippen molar-refractivity contribution in [3.8, 4) is 0 Å². The number of unbranched alkanes of at least 4 members (excludes halogenated alkanes) is 1. The van der Waals surface area contributed by atoms with Crippen LogP contribution in [0.4, 0.5) is 5.69 Å². The van der Waals surface area contributed by atoms with Crippen molar-refractivity contribution in [2.24, 2.45) is 0 Å². The number of benzene rings is 1. The lowest BCUT2D eigenvalue weighted by Gasteiger charge is -2.23. The summed E-state index contributed by atoms with van der Waals surface area (Å²) in [6.07, 6.45) is 2.54. The summed E-state index contributed by atoms with van der Waals surface area (Å²) >= 11 is 0. The largest absolute Gasteiger partial charge is 0.372 e. The van der Waals surface area contributed by atoms with Gasteiger partial charge in [0.05, 0.1) is 0 Å². The van der Waals surface area contributed by atoms with E-state index in [2.05, 4.69) is 50.8 Å². The zero-order valence-electron chi connectivity index (χ0n) is 10.5. The topological polar surface area (TPSA) is 3.24 Å². The molecule has 1 aromatic rings. The SMILES string of the molecule is CCCCN(CC)c1ccc(C)c(C)c1. The minimum Gasteiger partial charge on any atom is -0.372 e. The van der Waals surface area contributed by atoms with Crippen molar-refractivity contribution in [2.75, 3.05) is 18.0 Å². The Labute approximate surface area is 94.1 Å². The van der Waals surface area contributed by atoms with Crippen molar-refractivity contribution < 1.29 is 0 Å². The van der Waals surface area contributed by atoms with Crippen LogP contribution in [0.2, 0.25) is 0 Å². The molecule has 15 heavy (non-hydrogen) atoms. The normalized spacial score (nSPS) is 10.4. The average Bonchev–Trinajstić information content (AvgIpc) is 2.24. The molecule has 0 unspecified atom stereocenters. The summed E-state index contributed by atoms with van der Waals surface area (Å²) in [7, 11) is 0. The highest BCUT2D eigenvalue weighted by atomic mass is 15.1. The van der Waals surface area contributed by atoms with Crippen LogP contribution in [0.25, 0.3) is 0 Å². The molecule has 84 valence electrons. The Morgan fingerprint density at radius 1 is 1.07 bits per heavy atom. The van der Waals surface area contributed by atoms with Crippen molar-refractivity contribution in [1.82, 2.24) is 0 Å². The van der Waals surface area contributed by atoms with Crippen molar-refractivity contribution in [3.63, 3.8) is 0 Å². The van der Waals surface area contributed by atoms with Gasteiger partial charge in [0, 0.05) is 18.8 Å². The summed E-state index contributed by atoms with van der Waals surface area (Å²) < 4.78 is 0. The lowest BCUT2D eigenvalue weighted by atomic mass is 10.1. The fourth-order valence-corrected chi connectivity index (χ4v) is 1.74. The van der Waals surface area contributed by atoms with Crippen LogP contribution in [-0.2, 0) is 0 Å². The predicted molar refractivity (Wildman–Crippen MR) is 68.7 cm³/mol. The van der Waals surface area contributed by atoms with Gasteiger partial charge < -0.3 is 4.90 Å². The summed E-state index contributed by atoms with van der Waals surface area (Å²) in [5.41, 5.74) is 4.14. The van der Waals surface area contributed by atoms with E-state index in [-0.39, 0.29) is 0 Å². The standard InChI is InChI=1S/C14H23N/c1-5-7-10-15(6-2)14-9-8-12(3)13(4)11-14/h8-9,11H,5-7,10H2,1-4H3. The van der Waals surface area contributed by atoms with Gasteiger partial charge in [-0.3, -0.25) is 0 Å². The van der Waals surface area contributed by atoms with Crippen LogP contribution in [0.15, 0.2) is 18.2 Å². The third kappa shape index (κ3) is 3.26. The van der Waals surface area contributed by atoms with Crippen LogP contribution in [-0.4, -0.2) is 13.1 Å². The van der Waals surface area contributed by atoms with Gasteiger partial charge in [0.2, 0.25) is 0 Å². The maximum absolute atomic E-state index is 2.45. The number of hydrogen-bond donors (Lipinski definition) is 0. The van der Waals surface area contributed by atoms with Gasteiger partial charge in [-0.2, -0.15) is 0 Å². The second kappa shape index (κ2) is 5.79. The molecule has 0 fully saturated rings. The maximum Gasteiger partial charge on any atom is 0.0368 e. The Morgan fingerprint density at radius 2 is 1.80 bits per heavy atom. The molecule has 0 N–H and O–H groups in total. The molecular formula is C14H23N. The van der Waals surface area contributed by atoms with Gasteiger partial charge in [-0.15, -0.1) is 0 Å². The number of rotatable bonds is 5. The second-order valence-corrected chi connectivity index (χ2v) is 4.20. The summed E-state index contributed by atoms with van der Waals surface area (Å²) in [5.74, 6) is 0. The summed E-state index contributed by atoms with van der Waals surface area (Å²) in [6.45, 7) is 11.1. The van der Waals surface area contributed by atoms with Crippen LogP contribution in [0.1, 0.15) is 37.8 Å². The molecule has 0 saturated heterocycles. The van der Waals surface area contributed by atoms with E-state index in [1.807, 2.05) is 0 Å². The van der Waals surface area contributed by atoms with Crippen molar-refractivity contribution >= 4 is 5.69 Å². The van der Waals surface area contributed by atoms with Gasteiger partial charge in [-0.05, 0) is 50.5 Å². The number of aryl methyl sites for hydroxylation is 2. The number of anilines is 1. The second-order valence-electron chi connectivity index (χ2n) is 4.20. The first-order chi connectivity index (χ1) is 7.19. The van der Waals surface area contributed by atoms with E-state index in [0.29, 0.717) is 0 Å². The van der Waals surface area contributed by atoms with Gasteiger partial charge in [0.15, 0.2) is 0 Å². The molecule has 1 nitrogen and oxygen atoms in total. The summed E-state index contributed by atoms with van der Waals surface area (Å²) in [5, 5.41) is 0. The highest BCUT2D eigenvalue weighted by Crippen LogP contribution is 2.18. The van der Waals surface area contributed by atoms with Crippen LogP contribution >= 0.6 is 0 Å². The Balaban J connectivity index is 2.78. The van der Waals surface area contributed by atoms with E-state index < -0.39 is 0 Å². The van der Waals surface area contributed by atoms with Crippen molar-refractivity contribution in [1.29, 1.82) is 0 Å². The quantitative estimate of drug-likeness (QED) is 0.704. The van der Waals surface area contributed by atoms with Gasteiger partial charge in [0.1, 0.15) is 0 Å². The van der Waals surface area contributed by atoms with E-state index in [1.54, 1.807) is 0 Å². The van der Waals surface area contributed by atoms with E-state index in [9.17, 15) is 0 Å². The average molecular weight is 205 g/mol. The Kier molecular flexibility index (Phi) is 4.67. The molecule has 0 atom stereocenters. The fourth-order valence-electron chi connectivity index (χ4n) is 1.74. The first kappa shape index (κ1) is 12.1. The maximum atomic E-state index is 2.45. The molecule has 1 heteroatoms. The van der Waals surface area contributed by atoms with Crippen LogP contribution in [0, 0.1) is 13.8 Å². The molecule has 1 aromatic carbocycles. The molecular weight excluding hydrogens is 182 g/mol. The highest BCUT2D eigenvalue weighted by molar-refractivity contribution is 5.50. The minimum atomic E-state index is 1.10. The zero-order valence-corrected chi connectivity index (χ0v) is 10.5. The van der Waals surface area contributed by atoms with E-state index >= 15 is 0 Å². The first-order valence-corrected chi connectivity index (χ1v) is 6.01. The molecule has 0 heterocycles. The smallest absolute Gasteiger partial charge is 0.0368 e. The fraction of sp³-hybridized carbons (Fsp3) is 0.571. The first-order valence-electron chi connectivity index (χ1n) is 6.01. The summed E-state index contributed by atoms with van der Waals surface area (Å²) in [4.78, 5) is 2.45. The lowest BCUT2D eigenvalue weighted by Crippen LogP contribution is -2.23. The van der Waals surface area contributed by atoms with Gasteiger partial charge in [-0.1, -0.05) is 19.4 Å². The third-order valence-corrected chi connectivity index (χ3v) is 3.02. The van der Waals surface area contributed by atoms with Crippen molar-refractivity contribution in [3.05, 3.63) is 29.3 Å². The van der Waals surface area contributed by atoms with Gasteiger partial charge in [0.25, 0.3) is 0 Å². The molecule has 0 spiro atoms. The molecule has 0 aliphatic rings. The van der Waals surface area contributed by atoms with Gasteiger partial charge >= 0.3 is 0 Å². The number of hydrogen-bond acceptors (Lipinski definition) is 1. The zero-order chi connectivity index (χ0) is 11.3. The molecule has 0 aromatic heterocycles. The van der Waals surface area contributed by atoms with E-state index in [1.165, 1.54) is 36.2 Å². The van der Waals surface area contributed by atoms with Gasteiger partial charge in [-0.25, -0.2) is 0 Å². The third-order valence-electron chi connectivity index (χ3n) is 3.02. The lowest BCUT2D eigenvalue weighted by molar-refractivity contribution is 0.732. The number of nitrogens with zero attached hydrogens (tertiary/aromatic N) is 1. The molecule has 0 amide bonds. The molecule has 0 aliphatic carbocycles. The van der Waals surface area contributed by atoms with Crippen LogP contribution < -0.4 is 4.90 Å². The molecule has 0 aliphatic heterocycles. The Bertz CT molecular complexity index is 304. The van der Waals surface area contributed by atoms with Crippen LogP contribution in [0.3, 0.4) is 0 Å². The van der Waals surface area contributed by atoms with E-state index in [0.717, 1.165) is 6.54 Å². The molecule has 0 saturated carbocycles. The Hall–Kier alpha value is -0.980. The van der Waals surface area contributed by atoms with E-state index in [4.69, 9.17) is 0 Å². The molecule has 1 rings (SSSR count). The predicted octanol–water partition coefficient (Wildman–Crippen LogP) is 3.93. The molecule has 0 radical (unpaired) electrons.